The van der Waals surface area contributed by atoms with Gasteiger partial charge in [-0.3, -0.25) is 14.9 Å². The molecule has 2 amide bonds. The highest BCUT2D eigenvalue weighted by Gasteiger charge is 2.13. The molecule has 0 aliphatic rings. The van der Waals surface area contributed by atoms with Gasteiger partial charge in [-0.25, -0.2) is 0 Å². The summed E-state index contributed by atoms with van der Waals surface area (Å²) in [5.74, 6) is 0.0449. The van der Waals surface area contributed by atoms with E-state index in [-0.39, 0.29) is 23.0 Å². The summed E-state index contributed by atoms with van der Waals surface area (Å²) in [6, 6.07) is 21.1. The lowest BCUT2D eigenvalue weighted by atomic mass is 10.2. The summed E-state index contributed by atoms with van der Waals surface area (Å²) >= 11 is 8.68. The van der Waals surface area contributed by atoms with Gasteiger partial charge in [-0.15, -0.1) is 0 Å². The SMILES string of the molecule is CC(C)Oc1ccc(C(=O)NC(=S)Nc2cccc(C(=O)Nc3ccccc3)c2)cc1Br. The van der Waals surface area contributed by atoms with Gasteiger partial charge in [0.1, 0.15) is 5.75 Å². The Morgan fingerprint density at radius 1 is 0.844 bits per heavy atom. The number of amides is 2. The first-order valence-electron chi connectivity index (χ1n) is 9.87. The first kappa shape index (κ1) is 23.4. The fraction of sp³-hybridized carbons (Fsp3) is 0.125. The van der Waals surface area contributed by atoms with Crippen LogP contribution in [0.15, 0.2) is 77.3 Å². The van der Waals surface area contributed by atoms with E-state index in [2.05, 4.69) is 31.9 Å². The number of ether oxygens (including phenoxy) is 1. The molecule has 0 saturated heterocycles. The van der Waals surface area contributed by atoms with E-state index in [9.17, 15) is 9.59 Å². The Hall–Kier alpha value is -3.23. The molecule has 0 heterocycles. The van der Waals surface area contributed by atoms with Crippen molar-refractivity contribution in [2.75, 3.05) is 10.6 Å². The van der Waals surface area contributed by atoms with E-state index < -0.39 is 0 Å². The van der Waals surface area contributed by atoms with Crippen LogP contribution in [0, 0.1) is 0 Å². The highest BCUT2D eigenvalue weighted by molar-refractivity contribution is 9.10. The van der Waals surface area contributed by atoms with Crippen molar-refractivity contribution < 1.29 is 14.3 Å². The monoisotopic (exact) mass is 511 g/mol. The van der Waals surface area contributed by atoms with Gasteiger partial charge in [0.2, 0.25) is 0 Å². The third-order valence-electron chi connectivity index (χ3n) is 4.20. The van der Waals surface area contributed by atoms with Gasteiger partial charge in [0, 0.05) is 22.5 Å². The number of carbonyl (C=O) groups excluding carboxylic acids is 2. The van der Waals surface area contributed by atoms with Crippen LogP contribution in [-0.2, 0) is 0 Å². The topological polar surface area (TPSA) is 79.5 Å². The first-order valence-corrected chi connectivity index (χ1v) is 11.1. The number of benzene rings is 3. The maximum absolute atomic E-state index is 12.5. The van der Waals surface area contributed by atoms with Gasteiger partial charge in [0.15, 0.2) is 5.11 Å². The zero-order valence-corrected chi connectivity index (χ0v) is 19.9. The molecule has 0 aliphatic heterocycles. The van der Waals surface area contributed by atoms with E-state index in [1.165, 1.54) is 0 Å². The molecule has 8 heteroatoms. The molecule has 3 aromatic carbocycles. The minimum Gasteiger partial charge on any atom is -0.490 e. The van der Waals surface area contributed by atoms with Gasteiger partial charge in [-0.05, 0) is 90.5 Å². The molecule has 164 valence electrons. The Morgan fingerprint density at radius 2 is 1.53 bits per heavy atom. The number of para-hydroxylation sites is 1. The van der Waals surface area contributed by atoms with Crippen LogP contribution in [0.4, 0.5) is 11.4 Å². The quantitative estimate of drug-likeness (QED) is 0.374. The van der Waals surface area contributed by atoms with Crippen molar-refractivity contribution in [3.63, 3.8) is 0 Å². The lowest BCUT2D eigenvalue weighted by Gasteiger charge is -2.13. The second-order valence-electron chi connectivity index (χ2n) is 7.12. The zero-order valence-electron chi connectivity index (χ0n) is 17.5. The van der Waals surface area contributed by atoms with Crippen molar-refractivity contribution in [2.45, 2.75) is 20.0 Å². The Bertz CT molecular complexity index is 1140. The van der Waals surface area contributed by atoms with Gasteiger partial charge in [-0.2, -0.15) is 0 Å². The van der Waals surface area contributed by atoms with Crippen LogP contribution >= 0.6 is 28.1 Å². The molecule has 3 N–H and O–H groups in total. The summed E-state index contributed by atoms with van der Waals surface area (Å²) < 4.78 is 6.33. The summed E-state index contributed by atoms with van der Waals surface area (Å²) in [5, 5.41) is 8.53. The van der Waals surface area contributed by atoms with Crippen LogP contribution in [0.3, 0.4) is 0 Å². The maximum atomic E-state index is 12.5. The molecule has 3 rings (SSSR count). The van der Waals surface area contributed by atoms with Crippen molar-refractivity contribution >= 4 is 56.4 Å². The van der Waals surface area contributed by atoms with Gasteiger partial charge in [-0.1, -0.05) is 24.3 Å². The summed E-state index contributed by atoms with van der Waals surface area (Å²) in [5.41, 5.74) is 2.17. The molecule has 0 atom stereocenters. The molecule has 0 radical (unpaired) electrons. The van der Waals surface area contributed by atoms with E-state index in [1.54, 1.807) is 42.5 Å². The summed E-state index contributed by atoms with van der Waals surface area (Å²) in [6.45, 7) is 3.86. The molecule has 0 aromatic heterocycles. The number of thiocarbonyl (C=S) groups is 1. The molecule has 0 spiro atoms. The maximum Gasteiger partial charge on any atom is 0.257 e. The zero-order chi connectivity index (χ0) is 23.1. The third-order valence-corrected chi connectivity index (χ3v) is 5.02. The van der Waals surface area contributed by atoms with E-state index in [1.807, 2.05) is 44.2 Å². The minimum atomic E-state index is -0.364. The van der Waals surface area contributed by atoms with Gasteiger partial charge >= 0.3 is 0 Å². The molecule has 0 aliphatic carbocycles. The lowest BCUT2D eigenvalue weighted by molar-refractivity contribution is 0.0976. The van der Waals surface area contributed by atoms with Crippen LogP contribution in [0.1, 0.15) is 34.6 Å². The van der Waals surface area contributed by atoms with Crippen LogP contribution in [0.5, 0.6) is 5.75 Å². The van der Waals surface area contributed by atoms with Gasteiger partial charge in [0.25, 0.3) is 11.8 Å². The average Bonchev–Trinajstić information content (AvgIpc) is 2.75. The van der Waals surface area contributed by atoms with Crippen LogP contribution in [0.25, 0.3) is 0 Å². The largest absolute Gasteiger partial charge is 0.490 e. The Balaban J connectivity index is 1.61. The fourth-order valence-electron chi connectivity index (χ4n) is 2.79. The van der Waals surface area contributed by atoms with E-state index in [0.29, 0.717) is 32.7 Å². The molecule has 0 bridgehead atoms. The number of hydrogen-bond donors (Lipinski definition) is 3. The number of nitrogens with one attached hydrogen (secondary N) is 3. The lowest BCUT2D eigenvalue weighted by Crippen LogP contribution is -2.34. The Labute approximate surface area is 200 Å². The van der Waals surface area contributed by atoms with Crippen LogP contribution in [-0.4, -0.2) is 23.0 Å². The number of hydrogen-bond acceptors (Lipinski definition) is 4. The molecule has 0 fully saturated rings. The van der Waals surface area contributed by atoms with Gasteiger partial charge in [0.05, 0.1) is 10.6 Å². The van der Waals surface area contributed by atoms with E-state index >= 15 is 0 Å². The number of anilines is 2. The third kappa shape index (κ3) is 6.63. The number of rotatable bonds is 6. The normalized spacial score (nSPS) is 10.4. The van der Waals surface area contributed by atoms with Crippen molar-refractivity contribution in [2.24, 2.45) is 0 Å². The molecular formula is C24H22BrN3O3S. The predicted molar refractivity (Wildman–Crippen MR) is 134 cm³/mol. The van der Waals surface area contributed by atoms with Crippen molar-refractivity contribution in [3.8, 4) is 5.75 Å². The molecule has 3 aromatic rings. The molecular weight excluding hydrogens is 490 g/mol. The van der Waals surface area contributed by atoms with E-state index in [0.717, 1.165) is 0 Å². The smallest absolute Gasteiger partial charge is 0.257 e. The summed E-state index contributed by atoms with van der Waals surface area (Å²) in [4.78, 5) is 25.0. The summed E-state index contributed by atoms with van der Waals surface area (Å²) in [7, 11) is 0. The second-order valence-corrected chi connectivity index (χ2v) is 8.38. The summed E-state index contributed by atoms with van der Waals surface area (Å²) in [6.07, 6.45) is 0.0216. The molecule has 0 saturated carbocycles. The minimum absolute atomic E-state index is 0.0216. The van der Waals surface area contributed by atoms with E-state index in [4.69, 9.17) is 17.0 Å². The van der Waals surface area contributed by atoms with Crippen molar-refractivity contribution in [1.82, 2.24) is 5.32 Å². The van der Waals surface area contributed by atoms with Crippen molar-refractivity contribution in [3.05, 3.63) is 88.4 Å². The highest BCUT2D eigenvalue weighted by atomic mass is 79.9. The van der Waals surface area contributed by atoms with Crippen molar-refractivity contribution in [1.29, 1.82) is 0 Å². The second kappa shape index (κ2) is 10.9. The Morgan fingerprint density at radius 3 is 2.22 bits per heavy atom. The predicted octanol–water partition coefficient (Wildman–Crippen LogP) is 5.62. The van der Waals surface area contributed by atoms with Gasteiger partial charge < -0.3 is 15.4 Å². The Kier molecular flexibility index (Phi) is 7.97. The fourth-order valence-corrected chi connectivity index (χ4v) is 3.47. The van der Waals surface area contributed by atoms with Crippen LogP contribution in [0.2, 0.25) is 0 Å². The number of halogens is 1. The van der Waals surface area contributed by atoms with Crippen LogP contribution < -0.4 is 20.7 Å². The molecule has 32 heavy (non-hydrogen) atoms. The molecule has 6 nitrogen and oxygen atoms in total. The average molecular weight is 512 g/mol. The standard InChI is InChI=1S/C24H22BrN3O3S/c1-15(2)31-21-12-11-17(14-20(21)25)23(30)28-24(32)27-19-10-6-7-16(13-19)22(29)26-18-8-4-3-5-9-18/h3-15H,1-2H3,(H,26,29)(H2,27,28,30,32). The first-order chi connectivity index (χ1) is 15.3. The number of carbonyl (C=O) groups is 2. The highest BCUT2D eigenvalue weighted by Crippen LogP contribution is 2.27. The molecule has 0 unspecified atom stereocenters.